The Morgan fingerprint density at radius 3 is 2.56 bits per heavy atom. The summed E-state index contributed by atoms with van der Waals surface area (Å²) in [4.78, 5) is 26.3. The second-order valence-electron chi connectivity index (χ2n) is 4.23. The van der Waals surface area contributed by atoms with Crippen LogP contribution >= 0.6 is 0 Å². The third-order valence-electron chi connectivity index (χ3n) is 3.16. The average molecular weight is 253 g/mol. The molecule has 0 aromatic carbocycles. The van der Waals surface area contributed by atoms with Crippen LogP contribution in [-0.4, -0.2) is 64.2 Å². The van der Waals surface area contributed by atoms with Crippen LogP contribution < -0.4 is 0 Å². The average Bonchev–Trinajstić information content (AvgIpc) is 2.91. The van der Waals surface area contributed by atoms with Crippen molar-refractivity contribution in [2.45, 2.75) is 13.0 Å². The van der Waals surface area contributed by atoms with Crippen molar-refractivity contribution in [1.82, 2.24) is 15.0 Å². The molecule has 2 heterocycles. The molecule has 0 bridgehead atoms. The molecule has 0 saturated carbocycles. The van der Waals surface area contributed by atoms with Crippen molar-refractivity contribution in [1.29, 1.82) is 0 Å². The van der Waals surface area contributed by atoms with Crippen LogP contribution in [0, 0.1) is 0 Å². The number of aliphatic carboxylic acids is 1. The van der Waals surface area contributed by atoms with E-state index in [0.717, 1.165) is 0 Å². The van der Waals surface area contributed by atoms with Crippen LogP contribution in [0.25, 0.3) is 0 Å². The van der Waals surface area contributed by atoms with E-state index in [1.54, 1.807) is 11.8 Å². The first-order chi connectivity index (χ1) is 8.59. The van der Waals surface area contributed by atoms with Crippen molar-refractivity contribution >= 4 is 11.9 Å². The van der Waals surface area contributed by atoms with Gasteiger partial charge >= 0.3 is 5.97 Å². The minimum absolute atomic E-state index is 0.175. The molecular weight excluding hydrogens is 238 g/mol. The fraction of sp³-hybridized carbons (Fsp3) is 0.545. The highest BCUT2D eigenvalue weighted by Gasteiger charge is 2.28. The highest BCUT2D eigenvalue weighted by Crippen LogP contribution is 2.09. The summed E-state index contributed by atoms with van der Waals surface area (Å²) in [5, 5.41) is 12.5. The van der Waals surface area contributed by atoms with E-state index in [0.29, 0.717) is 26.2 Å². The summed E-state index contributed by atoms with van der Waals surface area (Å²) in [7, 11) is 0. The maximum absolute atomic E-state index is 11.9. The molecule has 1 amide bonds. The highest BCUT2D eigenvalue weighted by atomic mass is 16.5. The Morgan fingerprint density at radius 2 is 2.06 bits per heavy atom. The number of hydrogen-bond acceptors (Lipinski definition) is 5. The summed E-state index contributed by atoms with van der Waals surface area (Å²) in [6, 6.07) is 1.00. The molecule has 7 nitrogen and oxygen atoms in total. The lowest BCUT2D eigenvalue weighted by Gasteiger charge is -2.36. The quantitative estimate of drug-likeness (QED) is 0.809. The van der Waals surface area contributed by atoms with Gasteiger partial charge in [0.2, 0.25) is 0 Å². The Hall–Kier alpha value is -1.89. The summed E-state index contributed by atoms with van der Waals surface area (Å²) in [5.74, 6) is -1.02. The third kappa shape index (κ3) is 2.51. The minimum Gasteiger partial charge on any atom is -0.480 e. The van der Waals surface area contributed by atoms with Crippen molar-refractivity contribution < 1.29 is 19.2 Å². The monoisotopic (exact) mass is 253 g/mol. The standard InChI is InChI=1S/C11H15N3O4/c1-8(11(16)17)13-3-5-14(6-4-13)10(15)9-2-7-18-12-9/h2,7-8H,3-6H2,1H3,(H,16,17). The zero-order valence-electron chi connectivity index (χ0n) is 10.1. The molecule has 1 unspecified atom stereocenters. The van der Waals surface area contributed by atoms with Gasteiger partial charge in [-0.25, -0.2) is 0 Å². The molecule has 1 atom stereocenters. The molecule has 1 aliphatic heterocycles. The van der Waals surface area contributed by atoms with Crippen molar-refractivity contribution in [3.8, 4) is 0 Å². The molecule has 1 saturated heterocycles. The summed E-state index contributed by atoms with van der Waals surface area (Å²) in [5.41, 5.74) is 0.287. The minimum atomic E-state index is -0.841. The van der Waals surface area contributed by atoms with Gasteiger partial charge in [-0.2, -0.15) is 0 Å². The van der Waals surface area contributed by atoms with Gasteiger partial charge in [-0.15, -0.1) is 0 Å². The number of nitrogens with zero attached hydrogens (tertiary/aromatic N) is 3. The molecule has 2 rings (SSSR count). The van der Waals surface area contributed by atoms with Crippen LogP contribution in [0.5, 0.6) is 0 Å². The number of carbonyl (C=O) groups is 2. The van der Waals surface area contributed by atoms with E-state index in [-0.39, 0.29) is 11.6 Å². The topological polar surface area (TPSA) is 86.9 Å². The molecule has 1 aromatic heterocycles. The van der Waals surface area contributed by atoms with Gasteiger partial charge in [0.1, 0.15) is 12.3 Å². The van der Waals surface area contributed by atoms with Gasteiger partial charge in [0.15, 0.2) is 5.69 Å². The van der Waals surface area contributed by atoms with Crippen LogP contribution in [0.4, 0.5) is 0 Å². The third-order valence-corrected chi connectivity index (χ3v) is 3.16. The molecule has 98 valence electrons. The first-order valence-electron chi connectivity index (χ1n) is 5.76. The zero-order chi connectivity index (χ0) is 13.1. The number of hydrogen-bond donors (Lipinski definition) is 1. The van der Waals surface area contributed by atoms with Crippen LogP contribution in [0.15, 0.2) is 16.9 Å². The molecule has 1 N–H and O–H groups in total. The zero-order valence-corrected chi connectivity index (χ0v) is 10.1. The summed E-state index contributed by atoms with van der Waals surface area (Å²) in [6.07, 6.45) is 1.36. The Kier molecular flexibility index (Phi) is 3.61. The summed E-state index contributed by atoms with van der Waals surface area (Å²) in [6.45, 7) is 3.76. The van der Waals surface area contributed by atoms with Crippen LogP contribution in [-0.2, 0) is 4.79 Å². The number of carboxylic acids is 1. The number of carboxylic acid groups (broad SMARTS) is 1. The van der Waals surface area contributed by atoms with Crippen molar-refractivity contribution in [2.24, 2.45) is 0 Å². The Balaban J connectivity index is 1.91. The summed E-state index contributed by atoms with van der Waals surface area (Å²) < 4.78 is 4.63. The van der Waals surface area contributed by atoms with Gasteiger partial charge in [0.25, 0.3) is 5.91 Å². The number of aromatic nitrogens is 1. The van der Waals surface area contributed by atoms with E-state index in [2.05, 4.69) is 9.68 Å². The first kappa shape index (κ1) is 12.6. The van der Waals surface area contributed by atoms with E-state index < -0.39 is 12.0 Å². The molecule has 0 radical (unpaired) electrons. The fourth-order valence-electron chi connectivity index (χ4n) is 1.95. The molecular formula is C11H15N3O4. The summed E-state index contributed by atoms with van der Waals surface area (Å²) >= 11 is 0. The SMILES string of the molecule is CC(C(=O)O)N1CCN(C(=O)c2ccon2)CC1. The van der Waals surface area contributed by atoms with E-state index in [1.807, 2.05) is 4.90 Å². The normalized spacial score (nSPS) is 18.6. The lowest BCUT2D eigenvalue weighted by molar-refractivity contribution is -0.143. The number of amides is 1. The predicted octanol–water partition coefficient (Wildman–Crippen LogP) is -0.0945. The van der Waals surface area contributed by atoms with Crippen LogP contribution in [0.3, 0.4) is 0 Å². The van der Waals surface area contributed by atoms with Crippen LogP contribution in [0.1, 0.15) is 17.4 Å². The number of rotatable bonds is 3. The van der Waals surface area contributed by atoms with Gasteiger partial charge in [0.05, 0.1) is 0 Å². The second-order valence-corrected chi connectivity index (χ2v) is 4.23. The number of carbonyl (C=O) groups excluding carboxylic acids is 1. The molecule has 0 aliphatic carbocycles. The van der Waals surface area contributed by atoms with Crippen molar-refractivity contribution in [2.75, 3.05) is 26.2 Å². The van der Waals surface area contributed by atoms with Gasteiger partial charge in [-0.1, -0.05) is 5.16 Å². The fourth-order valence-corrected chi connectivity index (χ4v) is 1.95. The molecule has 7 heteroatoms. The van der Waals surface area contributed by atoms with Crippen LogP contribution in [0.2, 0.25) is 0 Å². The molecule has 0 spiro atoms. The van der Waals surface area contributed by atoms with Gasteiger partial charge in [-0.05, 0) is 6.92 Å². The van der Waals surface area contributed by atoms with Gasteiger partial charge < -0.3 is 14.5 Å². The lowest BCUT2D eigenvalue weighted by Crippen LogP contribution is -2.53. The largest absolute Gasteiger partial charge is 0.480 e. The van der Waals surface area contributed by atoms with E-state index in [9.17, 15) is 9.59 Å². The van der Waals surface area contributed by atoms with E-state index in [4.69, 9.17) is 5.11 Å². The lowest BCUT2D eigenvalue weighted by atomic mass is 10.2. The smallest absolute Gasteiger partial charge is 0.320 e. The molecule has 1 fully saturated rings. The number of piperazine rings is 1. The van der Waals surface area contributed by atoms with Gasteiger partial charge in [-0.3, -0.25) is 14.5 Å². The highest BCUT2D eigenvalue weighted by molar-refractivity contribution is 5.92. The molecule has 1 aliphatic rings. The molecule has 1 aromatic rings. The van der Waals surface area contributed by atoms with E-state index in [1.165, 1.54) is 12.3 Å². The Bertz CT molecular complexity index is 424. The Morgan fingerprint density at radius 1 is 1.39 bits per heavy atom. The van der Waals surface area contributed by atoms with Crippen molar-refractivity contribution in [3.63, 3.8) is 0 Å². The second kappa shape index (κ2) is 5.18. The Labute approximate surface area is 104 Å². The molecule has 18 heavy (non-hydrogen) atoms. The van der Waals surface area contributed by atoms with E-state index >= 15 is 0 Å². The maximum Gasteiger partial charge on any atom is 0.320 e. The maximum atomic E-state index is 11.9. The van der Waals surface area contributed by atoms with Gasteiger partial charge in [0, 0.05) is 32.2 Å². The first-order valence-corrected chi connectivity index (χ1v) is 5.76. The predicted molar refractivity (Wildman–Crippen MR) is 61.1 cm³/mol. The van der Waals surface area contributed by atoms with Crippen molar-refractivity contribution in [3.05, 3.63) is 18.0 Å².